The Hall–Kier alpha value is -1.81. The van der Waals surface area contributed by atoms with Crippen molar-refractivity contribution in [3.63, 3.8) is 0 Å². The predicted octanol–water partition coefficient (Wildman–Crippen LogP) is 6.79. The van der Waals surface area contributed by atoms with Gasteiger partial charge in [-0.2, -0.15) is 0 Å². The Labute approximate surface area is 159 Å². The SMILES string of the molecule is CCCc1ccc(-c2ccc(C3CCC(CCC)OC3)c(F)c2F)c(F)c1. The Kier molecular flexibility index (Phi) is 6.59. The molecule has 0 aliphatic carbocycles. The summed E-state index contributed by atoms with van der Waals surface area (Å²) in [5.74, 6) is -2.54. The summed E-state index contributed by atoms with van der Waals surface area (Å²) < 4.78 is 49.7. The first-order chi connectivity index (χ1) is 13.0. The molecule has 2 aromatic carbocycles. The van der Waals surface area contributed by atoms with Gasteiger partial charge in [-0.1, -0.05) is 51.0 Å². The Balaban J connectivity index is 1.84. The van der Waals surface area contributed by atoms with E-state index in [2.05, 4.69) is 6.92 Å². The van der Waals surface area contributed by atoms with E-state index in [4.69, 9.17) is 4.74 Å². The number of ether oxygens (including phenoxy) is 1. The zero-order valence-corrected chi connectivity index (χ0v) is 16.0. The van der Waals surface area contributed by atoms with Crippen molar-refractivity contribution in [2.45, 2.75) is 64.4 Å². The molecule has 1 heterocycles. The lowest BCUT2D eigenvalue weighted by Gasteiger charge is -2.29. The van der Waals surface area contributed by atoms with Gasteiger partial charge in [-0.15, -0.1) is 0 Å². The molecular weight excluding hydrogens is 349 g/mol. The van der Waals surface area contributed by atoms with Gasteiger partial charge in [0.2, 0.25) is 0 Å². The molecule has 3 rings (SSSR count). The fraction of sp³-hybridized carbons (Fsp3) is 0.478. The van der Waals surface area contributed by atoms with Gasteiger partial charge in [0, 0.05) is 17.0 Å². The van der Waals surface area contributed by atoms with Crippen molar-refractivity contribution < 1.29 is 17.9 Å². The Morgan fingerprint density at radius 2 is 1.70 bits per heavy atom. The van der Waals surface area contributed by atoms with Crippen LogP contribution in [0, 0.1) is 17.5 Å². The molecule has 1 aliphatic heterocycles. The van der Waals surface area contributed by atoms with Gasteiger partial charge in [0.05, 0.1) is 12.7 Å². The average molecular weight is 376 g/mol. The highest BCUT2D eigenvalue weighted by molar-refractivity contribution is 5.66. The summed E-state index contributed by atoms with van der Waals surface area (Å²) >= 11 is 0. The van der Waals surface area contributed by atoms with Crippen molar-refractivity contribution in [1.82, 2.24) is 0 Å². The van der Waals surface area contributed by atoms with Crippen molar-refractivity contribution in [3.05, 3.63) is 58.9 Å². The monoisotopic (exact) mass is 376 g/mol. The Morgan fingerprint density at radius 1 is 0.926 bits per heavy atom. The average Bonchev–Trinajstić information content (AvgIpc) is 2.66. The highest BCUT2D eigenvalue weighted by atomic mass is 19.2. The smallest absolute Gasteiger partial charge is 0.167 e. The van der Waals surface area contributed by atoms with Crippen LogP contribution in [-0.2, 0) is 11.2 Å². The first-order valence-electron chi connectivity index (χ1n) is 9.93. The van der Waals surface area contributed by atoms with Gasteiger partial charge in [-0.25, -0.2) is 13.2 Å². The van der Waals surface area contributed by atoms with Crippen LogP contribution in [0.5, 0.6) is 0 Å². The largest absolute Gasteiger partial charge is 0.378 e. The summed E-state index contributed by atoms with van der Waals surface area (Å²) in [5.41, 5.74) is 1.25. The second kappa shape index (κ2) is 8.92. The van der Waals surface area contributed by atoms with Crippen LogP contribution >= 0.6 is 0 Å². The van der Waals surface area contributed by atoms with Crippen LogP contribution in [0.15, 0.2) is 30.3 Å². The molecule has 1 fully saturated rings. The van der Waals surface area contributed by atoms with E-state index in [1.807, 2.05) is 6.92 Å². The molecule has 4 heteroatoms. The zero-order chi connectivity index (χ0) is 19.4. The zero-order valence-electron chi connectivity index (χ0n) is 16.0. The van der Waals surface area contributed by atoms with Crippen molar-refractivity contribution in [3.8, 4) is 11.1 Å². The molecule has 1 nitrogen and oxygen atoms in total. The van der Waals surface area contributed by atoms with Crippen LogP contribution < -0.4 is 0 Å². The van der Waals surface area contributed by atoms with E-state index in [-0.39, 0.29) is 23.1 Å². The van der Waals surface area contributed by atoms with Gasteiger partial charge in [-0.05, 0) is 42.9 Å². The van der Waals surface area contributed by atoms with Gasteiger partial charge < -0.3 is 4.74 Å². The van der Waals surface area contributed by atoms with Crippen LogP contribution in [0.1, 0.15) is 63.0 Å². The minimum atomic E-state index is -0.981. The molecule has 2 unspecified atom stereocenters. The molecule has 0 N–H and O–H groups in total. The van der Waals surface area contributed by atoms with Crippen molar-refractivity contribution in [2.75, 3.05) is 6.61 Å². The molecule has 27 heavy (non-hydrogen) atoms. The minimum Gasteiger partial charge on any atom is -0.378 e. The Morgan fingerprint density at radius 3 is 2.33 bits per heavy atom. The number of aryl methyl sites for hydroxylation is 1. The van der Waals surface area contributed by atoms with E-state index in [0.717, 1.165) is 44.1 Å². The maximum atomic E-state index is 14.8. The third-order valence-corrected chi connectivity index (χ3v) is 5.40. The van der Waals surface area contributed by atoms with E-state index in [1.54, 1.807) is 12.1 Å². The van der Waals surface area contributed by atoms with Crippen LogP contribution in [0.3, 0.4) is 0 Å². The number of rotatable bonds is 6. The van der Waals surface area contributed by atoms with Gasteiger partial charge in [0.25, 0.3) is 0 Å². The van der Waals surface area contributed by atoms with Gasteiger partial charge in [-0.3, -0.25) is 0 Å². The molecule has 0 radical (unpaired) electrons. The quantitative estimate of drug-likeness (QED) is 0.539. The number of benzene rings is 2. The predicted molar refractivity (Wildman–Crippen MR) is 102 cm³/mol. The van der Waals surface area contributed by atoms with E-state index in [1.165, 1.54) is 18.2 Å². The fourth-order valence-corrected chi connectivity index (χ4v) is 3.91. The van der Waals surface area contributed by atoms with E-state index in [9.17, 15) is 13.2 Å². The molecular formula is C23H27F3O. The summed E-state index contributed by atoms with van der Waals surface area (Å²) in [5, 5.41) is 0. The van der Waals surface area contributed by atoms with Gasteiger partial charge >= 0.3 is 0 Å². The first-order valence-corrected chi connectivity index (χ1v) is 9.93. The molecule has 0 saturated carbocycles. The molecule has 2 atom stereocenters. The number of hydrogen-bond acceptors (Lipinski definition) is 1. The third kappa shape index (κ3) is 4.37. The number of hydrogen-bond donors (Lipinski definition) is 0. The second-order valence-corrected chi connectivity index (χ2v) is 7.41. The maximum Gasteiger partial charge on any atom is 0.167 e. The van der Waals surface area contributed by atoms with Crippen molar-refractivity contribution >= 4 is 0 Å². The second-order valence-electron chi connectivity index (χ2n) is 7.41. The molecule has 1 saturated heterocycles. The number of halogens is 3. The van der Waals surface area contributed by atoms with Crippen molar-refractivity contribution in [1.29, 1.82) is 0 Å². The summed E-state index contributed by atoms with van der Waals surface area (Å²) in [6.45, 7) is 4.52. The molecule has 2 aromatic rings. The molecule has 0 bridgehead atoms. The fourth-order valence-electron chi connectivity index (χ4n) is 3.91. The highest BCUT2D eigenvalue weighted by Crippen LogP contribution is 2.35. The molecule has 1 aliphatic rings. The molecule has 0 aromatic heterocycles. The van der Waals surface area contributed by atoms with Crippen molar-refractivity contribution in [2.24, 2.45) is 0 Å². The van der Waals surface area contributed by atoms with E-state index in [0.29, 0.717) is 12.2 Å². The highest BCUT2D eigenvalue weighted by Gasteiger charge is 2.27. The maximum absolute atomic E-state index is 14.8. The van der Waals surface area contributed by atoms with E-state index >= 15 is 0 Å². The lowest BCUT2D eigenvalue weighted by Crippen LogP contribution is -2.25. The first kappa shape index (κ1) is 19.9. The normalized spacial score (nSPS) is 20.0. The minimum absolute atomic E-state index is 0.0302. The van der Waals surface area contributed by atoms with Crippen LogP contribution in [0.4, 0.5) is 13.2 Å². The van der Waals surface area contributed by atoms with Gasteiger partial charge in [0.15, 0.2) is 11.6 Å². The van der Waals surface area contributed by atoms with Crippen LogP contribution in [0.2, 0.25) is 0 Å². The summed E-state index contributed by atoms with van der Waals surface area (Å²) in [6, 6.07) is 7.80. The van der Waals surface area contributed by atoms with Gasteiger partial charge in [0.1, 0.15) is 5.82 Å². The topological polar surface area (TPSA) is 9.23 Å². The standard InChI is InChI=1S/C23H27F3O/c1-3-5-15-7-10-19(21(24)13-15)20-12-11-18(22(25)23(20)26)16-8-9-17(6-4-2)27-14-16/h7,10-13,16-17H,3-6,8-9,14H2,1-2H3. The molecule has 0 spiro atoms. The Bertz CT molecular complexity index is 779. The summed E-state index contributed by atoms with van der Waals surface area (Å²) in [7, 11) is 0. The summed E-state index contributed by atoms with van der Waals surface area (Å²) in [6.07, 6.45) is 5.56. The van der Waals surface area contributed by atoms with Crippen LogP contribution in [-0.4, -0.2) is 12.7 Å². The van der Waals surface area contributed by atoms with Crippen LogP contribution in [0.25, 0.3) is 11.1 Å². The lowest BCUT2D eigenvalue weighted by molar-refractivity contribution is -0.00181. The lowest BCUT2D eigenvalue weighted by atomic mass is 9.88. The van der Waals surface area contributed by atoms with E-state index < -0.39 is 17.5 Å². The third-order valence-electron chi connectivity index (χ3n) is 5.40. The summed E-state index contributed by atoms with van der Waals surface area (Å²) in [4.78, 5) is 0. The molecule has 146 valence electrons. The molecule has 0 amide bonds.